The maximum atomic E-state index is 4.64. The Morgan fingerprint density at radius 2 is 2.24 bits per heavy atom. The minimum Gasteiger partial charge on any atom is -0.335 e. The summed E-state index contributed by atoms with van der Waals surface area (Å²) in [7, 11) is 0. The molecular formula is C13H17N3S. The van der Waals surface area contributed by atoms with Gasteiger partial charge in [0, 0.05) is 24.0 Å². The summed E-state index contributed by atoms with van der Waals surface area (Å²) in [6.07, 6.45) is 2.28. The van der Waals surface area contributed by atoms with Gasteiger partial charge in [-0.05, 0) is 31.0 Å². The van der Waals surface area contributed by atoms with Crippen molar-refractivity contribution < 1.29 is 0 Å². The highest BCUT2D eigenvalue weighted by molar-refractivity contribution is 8.14. The molecule has 1 atom stereocenters. The third-order valence-electron chi connectivity index (χ3n) is 3.19. The molecule has 90 valence electrons. The molecule has 0 aromatic heterocycles. The molecule has 0 amide bonds. The van der Waals surface area contributed by atoms with Gasteiger partial charge in [-0.1, -0.05) is 30.0 Å². The molecular weight excluding hydrogens is 230 g/mol. The summed E-state index contributed by atoms with van der Waals surface area (Å²) in [4.78, 5) is 4.64. The maximum Gasteiger partial charge on any atom is 0.161 e. The first-order chi connectivity index (χ1) is 8.42. The quantitative estimate of drug-likeness (QED) is 0.798. The zero-order valence-electron chi connectivity index (χ0n) is 9.78. The molecule has 1 aromatic carbocycles. The van der Waals surface area contributed by atoms with Crippen LogP contribution < -0.4 is 10.6 Å². The summed E-state index contributed by atoms with van der Waals surface area (Å²) in [5.74, 6) is 0. The van der Waals surface area contributed by atoms with E-state index in [0.29, 0.717) is 5.25 Å². The highest BCUT2D eigenvalue weighted by Gasteiger charge is 2.19. The Kier molecular flexibility index (Phi) is 3.34. The van der Waals surface area contributed by atoms with Gasteiger partial charge in [0.2, 0.25) is 0 Å². The van der Waals surface area contributed by atoms with Crippen molar-refractivity contribution in [3.8, 4) is 0 Å². The van der Waals surface area contributed by atoms with E-state index in [1.54, 1.807) is 0 Å². The van der Waals surface area contributed by atoms with Gasteiger partial charge in [0.05, 0.1) is 0 Å². The Morgan fingerprint density at radius 3 is 3.12 bits per heavy atom. The Bertz CT molecular complexity index is 424. The monoisotopic (exact) mass is 247 g/mol. The summed E-state index contributed by atoms with van der Waals surface area (Å²) >= 11 is 1.88. The predicted molar refractivity (Wildman–Crippen MR) is 74.9 cm³/mol. The maximum absolute atomic E-state index is 4.64. The van der Waals surface area contributed by atoms with Gasteiger partial charge in [-0.2, -0.15) is 0 Å². The Hall–Kier alpha value is -1.00. The van der Waals surface area contributed by atoms with E-state index in [4.69, 9.17) is 0 Å². The molecule has 2 N–H and O–H groups in total. The van der Waals surface area contributed by atoms with Crippen LogP contribution in [-0.2, 0) is 6.42 Å². The van der Waals surface area contributed by atoms with E-state index in [0.717, 1.165) is 31.2 Å². The number of thioether (sulfide) groups is 1. The van der Waals surface area contributed by atoms with Gasteiger partial charge in [0.25, 0.3) is 0 Å². The first kappa shape index (κ1) is 11.1. The number of aliphatic imine (C=N–C) groups is 1. The Morgan fingerprint density at radius 1 is 1.29 bits per heavy atom. The van der Waals surface area contributed by atoms with Crippen LogP contribution in [0.25, 0.3) is 0 Å². The van der Waals surface area contributed by atoms with E-state index in [2.05, 4.69) is 39.9 Å². The zero-order chi connectivity index (χ0) is 11.5. The number of nitrogens with zero attached hydrogens (tertiary/aromatic N) is 1. The minimum absolute atomic E-state index is 0.673. The van der Waals surface area contributed by atoms with E-state index in [9.17, 15) is 0 Å². The van der Waals surface area contributed by atoms with Crippen LogP contribution >= 0.6 is 11.8 Å². The molecule has 0 radical (unpaired) electrons. The number of hydrogen-bond donors (Lipinski definition) is 2. The van der Waals surface area contributed by atoms with Crippen molar-refractivity contribution in [2.24, 2.45) is 4.99 Å². The standard InChI is InChI=1S/C13H17N3S/c1-2-4-12-10(3-1)5-8-15-13(16-12)17-11-6-7-14-9-11/h1-4,11,14H,5-9H2,(H,15,16)/t11-/m0/s1. The number of anilines is 1. The molecule has 2 aliphatic heterocycles. The number of hydrogen-bond acceptors (Lipinski definition) is 4. The molecule has 0 saturated carbocycles. The van der Waals surface area contributed by atoms with Crippen molar-refractivity contribution in [1.29, 1.82) is 0 Å². The lowest BCUT2D eigenvalue weighted by Crippen LogP contribution is -2.16. The summed E-state index contributed by atoms with van der Waals surface area (Å²) in [6, 6.07) is 8.50. The van der Waals surface area contributed by atoms with Crippen molar-refractivity contribution in [3.05, 3.63) is 29.8 Å². The van der Waals surface area contributed by atoms with Gasteiger partial charge in [-0.25, -0.2) is 0 Å². The lowest BCUT2D eigenvalue weighted by Gasteiger charge is -2.12. The second-order valence-corrected chi connectivity index (χ2v) is 5.74. The van der Waals surface area contributed by atoms with Crippen LogP contribution in [0.4, 0.5) is 5.69 Å². The molecule has 0 bridgehead atoms. The first-order valence-corrected chi connectivity index (χ1v) is 7.06. The molecule has 3 nitrogen and oxygen atoms in total. The molecule has 1 fully saturated rings. The second kappa shape index (κ2) is 5.10. The summed E-state index contributed by atoms with van der Waals surface area (Å²) < 4.78 is 0. The normalized spacial score (nSPS) is 23.5. The fourth-order valence-electron chi connectivity index (χ4n) is 2.25. The van der Waals surface area contributed by atoms with Crippen LogP contribution in [0.2, 0.25) is 0 Å². The lowest BCUT2D eigenvalue weighted by atomic mass is 10.1. The van der Waals surface area contributed by atoms with E-state index in [1.165, 1.54) is 17.7 Å². The van der Waals surface area contributed by atoms with Gasteiger partial charge < -0.3 is 10.6 Å². The number of nitrogens with one attached hydrogen (secondary N) is 2. The second-order valence-electron chi connectivity index (χ2n) is 4.45. The number of fused-ring (bicyclic) bond motifs is 1. The number of benzene rings is 1. The van der Waals surface area contributed by atoms with Crippen molar-refractivity contribution in [3.63, 3.8) is 0 Å². The third-order valence-corrected chi connectivity index (χ3v) is 4.38. The Balaban J connectivity index is 1.72. The summed E-state index contributed by atoms with van der Waals surface area (Å²) in [5, 5.41) is 8.62. The average Bonchev–Trinajstić information content (AvgIpc) is 2.76. The molecule has 1 saturated heterocycles. The number of para-hydroxylation sites is 1. The molecule has 1 aromatic rings. The van der Waals surface area contributed by atoms with Gasteiger partial charge >= 0.3 is 0 Å². The van der Waals surface area contributed by atoms with E-state index >= 15 is 0 Å². The van der Waals surface area contributed by atoms with E-state index in [1.807, 2.05) is 11.8 Å². The van der Waals surface area contributed by atoms with Gasteiger partial charge in [0.1, 0.15) is 0 Å². The molecule has 3 rings (SSSR count). The number of rotatable bonds is 1. The topological polar surface area (TPSA) is 36.4 Å². The van der Waals surface area contributed by atoms with Gasteiger partial charge in [-0.15, -0.1) is 0 Å². The molecule has 2 heterocycles. The van der Waals surface area contributed by atoms with Crippen LogP contribution in [0, 0.1) is 0 Å². The predicted octanol–water partition coefficient (Wildman–Crippen LogP) is 2.11. The molecule has 0 unspecified atom stereocenters. The van der Waals surface area contributed by atoms with Gasteiger partial charge in [-0.3, -0.25) is 4.99 Å². The van der Waals surface area contributed by atoms with Crippen molar-refractivity contribution in [2.75, 3.05) is 25.0 Å². The average molecular weight is 247 g/mol. The fraction of sp³-hybridized carbons (Fsp3) is 0.462. The van der Waals surface area contributed by atoms with Crippen molar-refractivity contribution in [1.82, 2.24) is 5.32 Å². The third kappa shape index (κ3) is 2.64. The highest BCUT2D eigenvalue weighted by atomic mass is 32.2. The van der Waals surface area contributed by atoms with Crippen LogP contribution in [0.15, 0.2) is 29.3 Å². The van der Waals surface area contributed by atoms with Crippen LogP contribution in [0.3, 0.4) is 0 Å². The van der Waals surface area contributed by atoms with E-state index in [-0.39, 0.29) is 0 Å². The highest BCUT2D eigenvalue weighted by Crippen LogP contribution is 2.24. The first-order valence-electron chi connectivity index (χ1n) is 6.18. The van der Waals surface area contributed by atoms with E-state index < -0.39 is 0 Å². The summed E-state index contributed by atoms with van der Waals surface area (Å²) in [5.41, 5.74) is 2.60. The van der Waals surface area contributed by atoms with Crippen LogP contribution in [0.1, 0.15) is 12.0 Å². The fourth-order valence-corrected chi connectivity index (χ4v) is 3.33. The molecule has 2 aliphatic rings. The van der Waals surface area contributed by atoms with Gasteiger partial charge in [0.15, 0.2) is 5.17 Å². The van der Waals surface area contributed by atoms with Crippen molar-refractivity contribution in [2.45, 2.75) is 18.1 Å². The smallest absolute Gasteiger partial charge is 0.161 e. The molecule has 4 heteroatoms. The van der Waals surface area contributed by atoms with Crippen molar-refractivity contribution >= 4 is 22.6 Å². The molecule has 0 aliphatic carbocycles. The van der Waals surface area contributed by atoms with Crippen LogP contribution in [0.5, 0.6) is 0 Å². The largest absolute Gasteiger partial charge is 0.335 e. The number of amidine groups is 1. The molecule has 0 spiro atoms. The SMILES string of the molecule is c1ccc2c(c1)CCN=C(S[C@H]1CCNC1)N2. The minimum atomic E-state index is 0.673. The Labute approximate surface area is 106 Å². The summed E-state index contributed by atoms with van der Waals surface area (Å²) in [6.45, 7) is 3.14. The zero-order valence-corrected chi connectivity index (χ0v) is 10.6. The van der Waals surface area contributed by atoms with Crippen LogP contribution in [-0.4, -0.2) is 30.1 Å². The lowest BCUT2D eigenvalue weighted by molar-refractivity contribution is 0.859. The molecule has 17 heavy (non-hydrogen) atoms.